The molecule has 1 saturated heterocycles. The van der Waals surface area contributed by atoms with Crippen LogP contribution >= 0.6 is 11.6 Å². The van der Waals surface area contributed by atoms with Crippen molar-refractivity contribution < 1.29 is 26.4 Å². The fourth-order valence-electron chi connectivity index (χ4n) is 4.49. The summed E-state index contributed by atoms with van der Waals surface area (Å²) in [5, 5.41) is 3.11. The normalized spacial score (nSPS) is 18.3. The minimum Gasteiger partial charge on any atom is -0.476 e. The molecule has 0 saturated carbocycles. The highest BCUT2D eigenvalue weighted by molar-refractivity contribution is 7.92. The van der Waals surface area contributed by atoms with E-state index in [9.17, 15) is 21.6 Å². The number of nitrogens with one attached hydrogen (secondary N) is 1. The van der Waals surface area contributed by atoms with Crippen LogP contribution < -0.4 is 14.4 Å². The average molecular weight is 576 g/mol. The zero-order valence-electron chi connectivity index (χ0n) is 20.3. The number of nitrogens with zero attached hydrogens (tertiary/aromatic N) is 2. The van der Waals surface area contributed by atoms with Crippen LogP contribution in [-0.4, -0.2) is 52.8 Å². The van der Waals surface area contributed by atoms with Crippen molar-refractivity contribution in [1.29, 1.82) is 0 Å². The number of benzene rings is 3. The summed E-state index contributed by atoms with van der Waals surface area (Å²) in [6, 6.07) is 18.3. The summed E-state index contributed by atoms with van der Waals surface area (Å²) in [5.74, 6) is -0.318. The molecule has 0 unspecified atom stereocenters. The molecule has 2 heterocycles. The van der Waals surface area contributed by atoms with Crippen molar-refractivity contribution >= 4 is 48.9 Å². The summed E-state index contributed by atoms with van der Waals surface area (Å²) in [5.41, 5.74) is 0.681. The van der Waals surface area contributed by atoms with E-state index in [0.29, 0.717) is 29.5 Å². The van der Waals surface area contributed by atoms with E-state index in [1.165, 1.54) is 52.8 Å². The Morgan fingerprint density at radius 1 is 0.816 bits per heavy atom. The maximum Gasteiger partial charge on any atom is 0.267 e. The number of para-hydroxylation sites is 2. The lowest BCUT2D eigenvalue weighted by molar-refractivity contribution is -0.122. The molecule has 38 heavy (non-hydrogen) atoms. The van der Waals surface area contributed by atoms with Crippen LogP contribution in [0.2, 0.25) is 5.02 Å². The Labute approximate surface area is 227 Å². The first-order chi connectivity index (χ1) is 18.2. The number of carbonyl (C=O) groups is 1. The topological polar surface area (TPSA) is 113 Å². The van der Waals surface area contributed by atoms with Crippen LogP contribution in [0, 0.1) is 0 Å². The predicted octanol–water partition coefficient (Wildman–Crippen LogP) is 4.11. The quantitative estimate of drug-likeness (QED) is 0.473. The number of ether oxygens (including phenoxy) is 1. The minimum absolute atomic E-state index is 0.0308. The van der Waals surface area contributed by atoms with Crippen LogP contribution in [0.25, 0.3) is 0 Å². The summed E-state index contributed by atoms with van der Waals surface area (Å²) in [4.78, 5) is 13.3. The molecule has 5 rings (SSSR count). The molecule has 3 aromatic carbocycles. The van der Waals surface area contributed by atoms with Crippen molar-refractivity contribution in [1.82, 2.24) is 4.31 Å². The number of piperidine rings is 1. The summed E-state index contributed by atoms with van der Waals surface area (Å²) < 4.78 is 61.3. The van der Waals surface area contributed by atoms with Gasteiger partial charge in [-0.05, 0) is 73.5 Å². The Morgan fingerprint density at radius 3 is 2.11 bits per heavy atom. The third kappa shape index (κ3) is 5.24. The Morgan fingerprint density at radius 2 is 1.42 bits per heavy atom. The van der Waals surface area contributed by atoms with Gasteiger partial charge in [-0.3, -0.25) is 9.10 Å². The number of fused-ring (bicyclic) bond motifs is 1. The second-order valence-electron chi connectivity index (χ2n) is 9.04. The molecule has 12 heteroatoms. The highest BCUT2D eigenvalue weighted by atomic mass is 35.5. The Bertz CT molecular complexity index is 1540. The van der Waals surface area contributed by atoms with Crippen LogP contribution in [0.5, 0.6) is 5.75 Å². The molecule has 3 aromatic rings. The van der Waals surface area contributed by atoms with Crippen LogP contribution in [0.4, 0.5) is 11.4 Å². The molecule has 2 aliphatic heterocycles. The SMILES string of the molecule is O=C(Nc1ccc(S(=O)(=O)N2CCCCC2)cc1)[C@@H]1CN(S(=O)(=O)c2ccc(Cl)cc2)c2ccccc2O1. The number of sulfonamides is 2. The van der Waals surface area contributed by atoms with Crippen molar-refractivity contribution in [3.63, 3.8) is 0 Å². The number of carbonyl (C=O) groups excluding carboxylic acids is 1. The first-order valence-corrected chi connectivity index (χ1v) is 15.4. The fourth-order valence-corrected chi connectivity index (χ4v) is 7.61. The van der Waals surface area contributed by atoms with Gasteiger partial charge in [0.25, 0.3) is 15.9 Å². The fraction of sp³-hybridized carbons (Fsp3) is 0.269. The van der Waals surface area contributed by atoms with Gasteiger partial charge in [0.05, 0.1) is 22.0 Å². The van der Waals surface area contributed by atoms with E-state index in [1.54, 1.807) is 24.3 Å². The molecule has 1 amide bonds. The number of anilines is 2. The molecule has 0 spiro atoms. The zero-order chi connectivity index (χ0) is 26.9. The number of amides is 1. The van der Waals surface area contributed by atoms with Gasteiger partial charge in [0.2, 0.25) is 10.0 Å². The Hall–Kier alpha value is -3.12. The van der Waals surface area contributed by atoms with Crippen molar-refractivity contribution in [3.8, 4) is 5.75 Å². The summed E-state index contributed by atoms with van der Waals surface area (Å²) in [6.45, 7) is 0.739. The van der Waals surface area contributed by atoms with Crippen molar-refractivity contribution in [3.05, 3.63) is 77.8 Å². The van der Waals surface area contributed by atoms with E-state index in [1.807, 2.05) is 0 Å². The summed E-state index contributed by atoms with van der Waals surface area (Å²) in [7, 11) is -7.62. The molecule has 1 fully saturated rings. The van der Waals surface area contributed by atoms with E-state index < -0.39 is 32.1 Å². The van der Waals surface area contributed by atoms with Crippen molar-refractivity contribution in [2.45, 2.75) is 35.2 Å². The summed E-state index contributed by atoms with van der Waals surface area (Å²) in [6.07, 6.45) is 1.54. The van der Waals surface area contributed by atoms with Gasteiger partial charge in [0.1, 0.15) is 5.75 Å². The summed E-state index contributed by atoms with van der Waals surface area (Å²) >= 11 is 5.93. The molecule has 1 N–H and O–H groups in total. The maximum absolute atomic E-state index is 13.5. The van der Waals surface area contributed by atoms with Gasteiger partial charge in [-0.1, -0.05) is 30.2 Å². The van der Waals surface area contributed by atoms with Gasteiger partial charge in [0, 0.05) is 23.8 Å². The molecule has 1 atom stereocenters. The van der Waals surface area contributed by atoms with Gasteiger partial charge in [-0.2, -0.15) is 4.31 Å². The van der Waals surface area contributed by atoms with Crippen molar-refractivity contribution in [2.24, 2.45) is 0 Å². The Balaban J connectivity index is 1.35. The predicted molar refractivity (Wildman–Crippen MR) is 145 cm³/mol. The molecule has 2 aliphatic rings. The molecule has 0 aliphatic carbocycles. The standard InChI is InChI=1S/C26H26ClN3O6S2/c27-19-8-12-22(13-9-19)38(34,35)30-18-25(36-24-7-3-2-6-23(24)30)26(31)28-20-10-14-21(15-11-20)37(32,33)29-16-4-1-5-17-29/h2-3,6-15,25H,1,4-5,16-18H2,(H,28,31)/t25-/m0/s1. The van der Waals surface area contributed by atoms with Crippen LogP contribution in [0.15, 0.2) is 82.6 Å². The largest absolute Gasteiger partial charge is 0.476 e. The first kappa shape index (κ1) is 26.5. The van der Waals surface area contributed by atoms with Crippen molar-refractivity contribution in [2.75, 3.05) is 29.3 Å². The van der Waals surface area contributed by atoms with Crippen LogP contribution in [-0.2, 0) is 24.8 Å². The molecule has 0 radical (unpaired) electrons. The lowest BCUT2D eigenvalue weighted by Crippen LogP contribution is -2.48. The van der Waals surface area contributed by atoms with E-state index in [0.717, 1.165) is 23.6 Å². The van der Waals surface area contributed by atoms with Gasteiger partial charge in [-0.15, -0.1) is 0 Å². The van der Waals surface area contributed by atoms with Gasteiger partial charge in [-0.25, -0.2) is 16.8 Å². The number of halogens is 1. The van der Waals surface area contributed by atoms with E-state index in [4.69, 9.17) is 16.3 Å². The monoisotopic (exact) mass is 575 g/mol. The molecular formula is C26H26ClN3O6S2. The molecule has 200 valence electrons. The lowest BCUT2D eigenvalue weighted by atomic mass is 10.2. The second kappa shape index (κ2) is 10.6. The highest BCUT2D eigenvalue weighted by Crippen LogP contribution is 2.37. The van der Waals surface area contributed by atoms with Crippen LogP contribution in [0.3, 0.4) is 0 Å². The minimum atomic E-state index is -4.02. The second-order valence-corrected chi connectivity index (χ2v) is 13.3. The number of rotatable bonds is 6. The number of hydrogen-bond acceptors (Lipinski definition) is 6. The van der Waals surface area contributed by atoms with E-state index >= 15 is 0 Å². The average Bonchev–Trinajstić information content (AvgIpc) is 2.93. The van der Waals surface area contributed by atoms with E-state index in [2.05, 4.69) is 5.32 Å². The molecular weight excluding hydrogens is 550 g/mol. The third-order valence-electron chi connectivity index (χ3n) is 6.50. The number of hydrogen-bond donors (Lipinski definition) is 1. The zero-order valence-corrected chi connectivity index (χ0v) is 22.7. The molecule has 9 nitrogen and oxygen atoms in total. The Kier molecular flexibility index (Phi) is 7.36. The van der Waals surface area contributed by atoms with E-state index in [-0.39, 0.29) is 22.1 Å². The smallest absolute Gasteiger partial charge is 0.267 e. The lowest BCUT2D eigenvalue weighted by Gasteiger charge is -2.34. The van der Waals surface area contributed by atoms with Gasteiger partial charge >= 0.3 is 0 Å². The third-order valence-corrected chi connectivity index (χ3v) is 10.5. The first-order valence-electron chi connectivity index (χ1n) is 12.1. The highest BCUT2D eigenvalue weighted by Gasteiger charge is 2.37. The molecule has 0 bridgehead atoms. The molecule has 0 aromatic heterocycles. The van der Waals surface area contributed by atoms with Gasteiger partial charge < -0.3 is 10.1 Å². The van der Waals surface area contributed by atoms with Gasteiger partial charge in [0.15, 0.2) is 6.10 Å². The maximum atomic E-state index is 13.5. The van der Waals surface area contributed by atoms with Crippen LogP contribution in [0.1, 0.15) is 19.3 Å².